The number of benzene rings is 1. The second-order valence-corrected chi connectivity index (χ2v) is 5.08. The third-order valence-electron chi connectivity index (χ3n) is 2.96. The summed E-state index contributed by atoms with van der Waals surface area (Å²) in [6.45, 7) is 1.18. The summed E-state index contributed by atoms with van der Waals surface area (Å²) in [5, 5.41) is 0. The maximum Gasteiger partial charge on any atom is 0.232 e. The number of nitrogens with zero attached hydrogens (tertiary/aromatic N) is 1. The van der Waals surface area contributed by atoms with E-state index in [4.69, 9.17) is 10.5 Å². The quantitative estimate of drug-likeness (QED) is 0.850. The molecule has 1 aliphatic heterocycles. The van der Waals surface area contributed by atoms with Crippen molar-refractivity contribution in [3.63, 3.8) is 0 Å². The van der Waals surface area contributed by atoms with Crippen molar-refractivity contribution in [1.29, 1.82) is 0 Å². The van der Waals surface area contributed by atoms with Gasteiger partial charge in [0.05, 0.1) is 23.9 Å². The summed E-state index contributed by atoms with van der Waals surface area (Å²) in [5.41, 5.74) is 7.24. The van der Waals surface area contributed by atoms with E-state index in [1.165, 1.54) is 0 Å². The molecule has 1 aromatic rings. The highest BCUT2D eigenvalue weighted by Gasteiger charge is 2.27. The molecule has 0 radical (unpaired) electrons. The van der Waals surface area contributed by atoms with Crippen molar-refractivity contribution in [3.8, 4) is 0 Å². The van der Waals surface area contributed by atoms with E-state index in [1.54, 1.807) is 18.0 Å². The van der Waals surface area contributed by atoms with Crippen molar-refractivity contribution in [2.24, 2.45) is 5.92 Å². The van der Waals surface area contributed by atoms with Crippen molar-refractivity contribution in [2.45, 2.75) is 6.42 Å². The van der Waals surface area contributed by atoms with Crippen molar-refractivity contribution >= 4 is 33.2 Å². The maximum absolute atomic E-state index is 12.2. The van der Waals surface area contributed by atoms with Gasteiger partial charge >= 0.3 is 0 Å². The third kappa shape index (κ3) is 2.61. The van der Waals surface area contributed by atoms with Crippen LogP contribution in [0.4, 0.5) is 11.4 Å². The molecule has 1 unspecified atom stereocenters. The Bertz CT molecular complexity index is 431. The molecule has 0 aliphatic carbocycles. The Labute approximate surface area is 109 Å². The SMILES string of the molecule is CN(C(=O)C1CCOC1)c1ccc(Br)cc1N. The number of carbonyl (C=O) groups excluding carboxylic acids is 1. The lowest BCUT2D eigenvalue weighted by Gasteiger charge is -2.22. The minimum atomic E-state index is -0.0388. The summed E-state index contributed by atoms with van der Waals surface area (Å²) in [4.78, 5) is 13.8. The minimum absolute atomic E-state index is 0.0388. The zero-order chi connectivity index (χ0) is 12.4. The number of halogens is 1. The van der Waals surface area contributed by atoms with Gasteiger partial charge in [0.15, 0.2) is 0 Å². The van der Waals surface area contributed by atoms with Crippen LogP contribution in [-0.4, -0.2) is 26.2 Å². The van der Waals surface area contributed by atoms with Gasteiger partial charge in [0, 0.05) is 18.1 Å². The Balaban J connectivity index is 2.18. The fourth-order valence-electron chi connectivity index (χ4n) is 1.95. The Morgan fingerprint density at radius 1 is 1.59 bits per heavy atom. The summed E-state index contributed by atoms with van der Waals surface area (Å²) in [6.07, 6.45) is 0.791. The zero-order valence-electron chi connectivity index (χ0n) is 9.65. The molecular weight excluding hydrogens is 284 g/mol. The Hall–Kier alpha value is -1.07. The Morgan fingerprint density at radius 3 is 2.94 bits per heavy atom. The van der Waals surface area contributed by atoms with E-state index in [2.05, 4.69) is 15.9 Å². The van der Waals surface area contributed by atoms with Crippen molar-refractivity contribution in [3.05, 3.63) is 22.7 Å². The number of nitrogen functional groups attached to an aromatic ring is 1. The predicted octanol–water partition coefficient (Wildman–Crippen LogP) is 2.03. The number of hydrogen-bond acceptors (Lipinski definition) is 3. The van der Waals surface area contributed by atoms with Gasteiger partial charge in [0.2, 0.25) is 5.91 Å². The highest BCUT2D eigenvalue weighted by Crippen LogP contribution is 2.28. The molecule has 1 fully saturated rings. The van der Waals surface area contributed by atoms with E-state index in [-0.39, 0.29) is 11.8 Å². The lowest BCUT2D eigenvalue weighted by Crippen LogP contribution is -2.33. The average Bonchev–Trinajstić information content (AvgIpc) is 2.80. The number of rotatable bonds is 2. The molecule has 0 bridgehead atoms. The number of anilines is 2. The molecule has 1 aromatic carbocycles. The Kier molecular flexibility index (Phi) is 3.69. The van der Waals surface area contributed by atoms with Gasteiger partial charge in [-0.05, 0) is 24.6 Å². The van der Waals surface area contributed by atoms with E-state index >= 15 is 0 Å². The molecule has 0 spiro atoms. The second-order valence-electron chi connectivity index (χ2n) is 4.16. The molecule has 17 heavy (non-hydrogen) atoms. The molecule has 92 valence electrons. The zero-order valence-corrected chi connectivity index (χ0v) is 11.2. The van der Waals surface area contributed by atoms with Crippen molar-refractivity contribution in [1.82, 2.24) is 0 Å². The fraction of sp³-hybridized carbons (Fsp3) is 0.417. The van der Waals surface area contributed by atoms with Crippen molar-refractivity contribution < 1.29 is 9.53 Å². The average molecular weight is 299 g/mol. The van der Waals surface area contributed by atoms with Gasteiger partial charge in [0.1, 0.15) is 0 Å². The normalized spacial score (nSPS) is 19.3. The monoisotopic (exact) mass is 298 g/mol. The van der Waals surface area contributed by atoms with Crippen LogP contribution in [0.15, 0.2) is 22.7 Å². The van der Waals surface area contributed by atoms with Gasteiger partial charge in [-0.2, -0.15) is 0 Å². The summed E-state index contributed by atoms with van der Waals surface area (Å²) in [5.74, 6) is 0.0274. The summed E-state index contributed by atoms with van der Waals surface area (Å²) >= 11 is 3.35. The van der Waals surface area contributed by atoms with Crippen LogP contribution in [0.1, 0.15) is 6.42 Å². The highest BCUT2D eigenvalue weighted by atomic mass is 79.9. The van der Waals surface area contributed by atoms with E-state index < -0.39 is 0 Å². The number of nitrogens with two attached hydrogens (primary N) is 1. The van der Waals surface area contributed by atoms with E-state index in [0.29, 0.717) is 18.9 Å². The van der Waals surface area contributed by atoms with Crippen LogP contribution in [0, 0.1) is 5.92 Å². The first-order chi connectivity index (χ1) is 8.09. The first-order valence-corrected chi connectivity index (χ1v) is 6.29. The number of hydrogen-bond donors (Lipinski definition) is 1. The highest BCUT2D eigenvalue weighted by molar-refractivity contribution is 9.10. The number of ether oxygens (including phenoxy) is 1. The summed E-state index contributed by atoms with van der Waals surface area (Å²) < 4.78 is 6.13. The van der Waals surface area contributed by atoms with Gasteiger partial charge < -0.3 is 15.4 Å². The van der Waals surface area contributed by atoms with Gasteiger partial charge in [-0.25, -0.2) is 0 Å². The van der Waals surface area contributed by atoms with Crippen LogP contribution in [0.5, 0.6) is 0 Å². The lowest BCUT2D eigenvalue weighted by molar-refractivity contribution is -0.122. The fourth-order valence-corrected chi connectivity index (χ4v) is 2.33. The lowest BCUT2D eigenvalue weighted by atomic mass is 10.1. The van der Waals surface area contributed by atoms with E-state index in [9.17, 15) is 4.79 Å². The predicted molar refractivity (Wildman–Crippen MR) is 70.9 cm³/mol. The second kappa shape index (κ2) is 5.06. The van der Waals surface area contributed by atoms with E-state index in [0.717, 1.165) is 16.6 Å². The molecule has 4 nitrogen and oxygen atoms in total. The smallest absolute Gasteiger partial charge is 0.232 e. The Morgan fingerprint density at radius 2 is 2.35 bits per heavy atom. The molecule has 5 heteroatoms. The molecular formula is C12H15BrN2O2. The molecule has 2 rings (SSSR count). The largest absolute Gasteiger partial charge is 0.397 e. The minimum Gasteiger partial charge on any atom is -0.397 e. The third-order valence-corrected chi connectivity index (χ3v) is 3.45. The summed E-state index contributed by atoms with van der Waals surface area (Å²) in [7, 11) is 1.75. The number of carbonyl (C=O) groups is 1. The summed E-state index contributed by atoms with van der Waals surface area (Å²) in [6, 6.07) is 5.51. The molecule has 1 saturated heterocycles. The van der Waals surface area contributed by atoms with Crippen LogP contribution in [0.2, 0.25) is 0 Å². The maximum atomic E-state index is 12.2. The van der Waals surface area contributed by atoms with Crippen LogP contribution in [-0.2, 0) is 9.53 Å². The van der Waals surface area contributed by atoms with Gasteiger partial charge in [-0.1, -0.05) is 15.9 Å². The molecule has 1 amide bonds. The van der Waals surface area contributed by atoms with Crippen LogP contribution in [0.3, 0.4) is 0 Å². The first-order valence-electron chi connectivity index (χ1n) is 5.50. The molecule has 0 saturated carbocycles. The topological polar surface area (TPSA) is 55.6 Å². The first kappa shape index (κ1) is 12.4. The van der Waals surface area contributed by atoms with Crippen LogP contribution in [0.25, 0.3) is 0 Å². The van der Waals surface area contributed by atoms with Gasteiger partial charge in [-0.3, -0.25) is 4.79 Å². The molecule has 0 aromatic heterocycles. The van der Waals surface area contributed by atoms with Crippen molar-refractivity contribution in [2.75, 3.05) is 30.9 Å². The van der Waals surface area contributed by atoms with E-state index in [1.807, 2.05) is 12.1 Å². The van der Waals surface area contributed by atoms with Crippen LogP contribution < -0.4 is 10.6 Å². The van der Waals surface area contributed by atoms with Crippen LogP contribution >= 0.6 is 15.9 Å². The molecule has 2 N–H and O–H groups in total. The standard InChI is InChI=1S/C12H15BrN2O2/c1-15(12(16)8-4-5-17-7-8)11-3-2-9(13)6-10(11)14/h2-3,6,8H,4-5,7,14H2,1H3. The van der Waals surface area contributed by atoms with Gasteiger partial charge in [-0.15, -0.1) is 0 Å². The molecule has 1 heterocycles. The number of amides is 1. The van der Waals surface area contributed by atoms with Gasteiger partial charge in [0.25, 0.3) is 0 Å². The molecule has 1 aliphatic rings. The molecule has 1 atom stereocenters.